The van der Waals surface area contributed by atoms with Gasteiger partial charge in [0.05, 0.1) is 11.8 Å². The number of hydrogen-bond acceptors (Lipinski definition) is 5. The van der Waals surface area contributed by atoms with E-state index in [9.17, 15) is 4.79 Å². The number of carbonyl (C=O) groups excluding carboxylic acids is 1. The van der Waals surface area contributed by atoms with Crippen LogP contribution in [0.4, 0.5) is 5.82 Å². The lowest BCUT2D eigenvalue weighted by Gasteiger charge is -2.24. The van der Waals surface area contributed by atoms with Crippen molar-refractivity contribution in [3.63, 3.8) is 0 Å². The summed E-state index contributed by atoms with van der Waals surface area (Å²) in [6.45, 7) is 5.90. The zero-order chi connectivity index (χ0) is 19.8. The molecule has 1 atom stereocenters. The molecule has 0 saturated heterocycles. The minimum absolute atomic E-state index is 0.0734. The van der Waals surface area contributed by atoms with Gasteiger partial charge >= 0.3 is 0 Å². The number of amides is 1. The van der Waals surface area contributed by atoms with Crippen molar-refractivity contribution in [3.05, 3.63) is 58.4 Å². The smallest absolute Gasteiger partial charge is 0.226 e. The Hall–Kier alpha value is -2.93. The van der Waals surface area contributed by atoms with Gasteiger partial charge in [0.25, 0.3) is 0 Å². The van der Waals surface area contributed by atoms with Crippen molar-refractivity contribution < 1.29 is 9.53 Å². The molecule has 0 aliphatic carbocycles. The van der Waals surface area contributed by atoms with Crippen LogP contribution < -0.4 is 10.1 Å². The summed E-state index contributed by atoms with van der Waals surface area (Å²) in [6.07, 6.45) is 0.421. The summed E-state index contributed by atoms with van der Waals surface area (Å²) in [7, 11) is 0. The predicted molar refractivity (Wildman–Crippen MR) is 106 cm³/mol. The van der Waals surface area contributed by atoms with Gasteiger partial charge in [0, 0.05) is 17.9 Å². The number of nitrogens with one attached hydrogen (secondary N) is 1. The molecule has 0 saturated carbocycles. The second-order valence-corrected chi connectivity index (χ2v) is 7.40. The van der Waals surface area contributed by atoms with E-state index in [2.05, 4.69) is 20.6 Å². The number of nitrogens with zero attached hydrogens (tertiary/aromatic N) is 4. The summed E-state index contributed by atoms with van der Waals surface area (Å²) in [4.78, 5) is 12.5. The van der Waals surface area contributed by atoms with Crippen LogP contribution in [0.5, 0.6) is 5.75 Å². The number of anilines is 1. The highest BCUT2D eigenvalue weighted by atomic mass is 35.5. The van der Waals surface area contributed by atoms with Crippen molar-refractivity contribution in [3.8, 4) is 11.6 Å². The summed E-state index contributed by atoms with van der Waals surface area (Å²) >= 11 is 5.84. The Labute approximate surface area is 167 Å². The van der Waals surface area contributed by atoms with Crippen LogP contribution in [-0.2, 0) is 4.79 Å². The Balaban J connectivity index is 1.80. The Morgan fingerprint density at radius 2 is 2.07 bits per heavy atom. The Kier molecular flexibility index (Phi) is 4.77. The van der Waals surface area contributed by atoms with E-state index in [-0.39, 0.29) is 17.9 Å². The van der Waals surface area contributed by atoms with Gasteiger partial charge in [0.2, 0.25) is 5.91 Å². The molecule has 144 valence electrons. The van der Waals surface area contributed by atoms with Gasteiger partial charge in [-0.2, -0.15) is 9.78 Å². The molecule has 4 rings (SSSR count). The quantitative estimate of drug-likeness (QED) is 0.722. The summed E-state index contributed by atoms with van der Waals surface area (Å²) in [5, 5.41) is 15.8. The first-order valence-corrected chi connectivity index (χ1v) is 9.45. The Morgan fingerprint density at radius 3 is 2.79 bits per heavy atom. The van der Waals surface area contributed by atoms with Crippen LogP contribution in [0.3, 0.4) is 0 Å². The Morgan fingerprint density at radius 1 is 1.25 bits per heavy atom. The number of hydrogen-bond donors (Lipinski definition) is 1. The highest BCUT2D eigenvalue weighted by molar-refractivity contribution is 6.29. The fourth-order valence-corrected chi connectivity index (χ4v) is 3.60. The molecule has 8 heteroatoms. The number of carbonyl (C=O) groups is 1. The van der Waals surface area contributed by atoms with E-state index in [0.29, 0.717) is 23.2 Å². The van der Waals surface area contributed by atoms with Crippen LogP contribution in [0.2, 0.25) is 5.15 Å². The average Bonchev–Trinajstić information content (AvgIpc) is 2.98. The van der Waals surface area contributed by atoms with Crippen LogP contribution in [0.1, 0.15) is 43.0 Å². The van der Waals surface area contributed by atoms with Crippen LogP contribution in [0.25, 0.3) is 5.82 Å². The van der Waals surface area contributed by atoms with E-state index in [0.717, 1.165) is 22.6 Å². The molecular weight excluding hydrogens is 378 g/mol. The van der Waals surface area contributed by atoms with E-state index in [4.69, 9.17) is 16.3 Å². The van der Waals surface area contributed by atoms with Crippen molar-refractivity contribution in [2.24, 2.45) is 0 Å². The molecule has 3 heterocycles. The molecule has 2 aromatic heterocycles. The highest BCUT2D eigenvalue weighted by Gasteiger charge is 2.33. The molecule has 3 aromatic rings. The van der Waals surface area contributed by atoms with Gasteiger partial charge in [-0.1, -0.05) is 23.7 Å². The largest absolute Gasteiger partial charge is 0.491 e. The predicted octanol–water partition coefficient (Wildman–Crippen LogP) is 3.89. The van der Waals surface area contributed by atoms with Gasteiger partial charge in [-0.3, -0.25) is 4.79 Å². The number of aromatic nitrogens is 4. The SMILES string of the molecule is Cc1nn(-c2ccc(Cl)nn2)c2c1C(c1cccc(OC(C)C)c1)CC(=O)N2. The van der Waals surface area contributed by atoms with E-state index in [1.807, 2.05) is 45.0 Å². The number of benzene rings is 1. The fourth-order valence-electron chi connectivity index (χ4n) is 3.50. The van der Waals surface area contributed by atoms with Crippen LogP contribution >= 0.6 is 11.6 Å². The number of halogens is 1. The third-order valence-electron chi connectivity index (χ3n) is 4.57. The molecule has 1 aliphatic rings. The molecule has 1 N–H and O–H groups in total. The molecule has 7 nitrogen and oxygen atoms in total. The standard InChI is InChI=1S/C20H20ClN5O2/c1-11(2)28-14-6-4-5-13(9-14)15-10-18(27)22-20-19(15)12(3)25-26(20)17-8-7-16(21)23-24-17/h4-9,11,15H,10H2,1-3H3,(H,22,27). The maximum Gasteiger partial charge on any atom is 0.226 e. The first-order chi connectivity index (χ1) is 13.4. The van der Waals surface area contributed by atoms with Crippen molar-refractivity contribution >= 4 is 23.3 Å². The molecule has 0 radical (unpaired) electrons. The summed E-state index contributed by atoms with van der Waals surface area (Å²) in [5.74, 6) is 1.70. The number of fused-ring (bicyclic) bond motifs is 1. The summed E-state index contributed by atoms with van der Waals surface area (Å²) in [6, 6.07) is 11.2. The molecule has 0 bridgehead atoms. The van der Waals surface area contributed by atoms with Gasteiger partial charge < -0.3 is 10.1 Å². The first kappa shape index (κ1) is 18.4. The first-order valence-electron chi connectivity index (χ1n) is 9.08. The second-order valence-electron chi connectivity index (χ2n) is 7.02. The van der Waals surface area contributed by atoms with Crippen molar-refractivity contribution in [2.75, 3.05) is 5.32 Å². The summed E-state index contributed by atoms with van der Waals surface area (Å²) < 4.78 is 7.43. The van der Waals surface area contributed by atoms with E-state index in [1.54, 1.807) is 16.8 Å². The molecule has 0 spiro atoms. The van der Waals surface area contributed by atoms with Gasteiger partial charge in [0.15, 0.2) is 11.0 Å². The van der Waals surface area contributed by atoms with Crippen LogP contribution in [0, 0.1) is 6.92 Å². The van der Waals surface area contributed by atoms with Gasteiger partial charge in [0.1, 0.15) is 11.6 Å². The minimum Gasteiger partial charge on any atom is -0.491 e. The third kappa shape index (κ3) is 3.45. The zero-order valence-corrected chi connectivity index (χ0v) is 16.6. The van der Waals surface area contributed by atoms with Crippen molar-refractivity contribution in [1.82, 2.24) is 20.0 Å². The normalized spacial score (nSPS) is 16.0. The maximum absolute atomic E-state index is 12.5. The lowest BCUT2D eigenvalue weighted by Crippen LogP contribution is -2.25. The van der Waals surface area contributed by atoms with Gasteiger partial charge in [-0.15, -0.1) is 10.2 Å². The van der Waals surface area contributed by atoms with E-state index >= 15 is 0 Å². The van der Waals surface area contributed by atoms with Crippen LogP contribution in [0.15, 0.2) is 36.4 Å². The molecular formula is C20H20ClN5O2. The van der Waals surface area contributed by atoms with Gasteiger partial charge in [-0.05, 0) is 50.6 Å². The lowest BCUT2D eigenvalue weighted by molar-refractivity contribution is -0.116. The fraction of sp³-hybridized carbons (Fsp3) is 0.300. The topological polar surface area (TPSA) is 81.9 Å². The maximum atomic E-state index is 12.5. The molecule has 1 amide bonds. The minimum atomic E-state index is -0.117. The third-order valence-corrected chi connectivity index (χ3v) is 4.77. The van der Waals surface area contributed by atoms with Crippen molar-refractivity contribution in [2.45, 2.75) is 39.2 Å². The molecule has 1 aliphatic heterocycles. The van der Waals surface area contributed by atoms with Crippen molar-refractivity contribution in [1.29, 1.82) is 0 Å². The van der Waals surface area contributed by atoms with Gasteiger partial charge in [-0.25, -0.2) is 0 Å². The molecule has 28 heavy (non-hydrogen) atoms. The molecule has 1 aromatic carbocycles. The molecule has 1 unspecified atom stereocenters. The van der Waals surface area contributed by atoms with E-state index in [1.165, 1.54) is 0 Å². The molecule has 0 fully saturated rings. The highest BCUT2D eigenvalue weighted by Crippen LogP contribution is 2.40. The zero-order valence-electron chi connectivity index (χ0n) is 15.8. The lowest BCUT2D eigenvalue weighted by atomic mass is 9.86. The average molecular weight is 398 g/mol. The Bertz CT molecular complexity index is 1030. The van der Waals surface area contributed by atoms with Crippen LogP contribution in [-0.4, -0.2) is 32.0 Å². The second kappa shape index (κ2) is 7.24. The monoisotopic (exact) mass is 397 g/mol. The number of aryl methyl sites for hydroxylation is 1. The number of rotatable bonds is 4. The van der Waals surface area contributed by atoms with E-state index < -0.39 is 0 Å². The number of ether oxygens (including phenoxy) is 1. The summed E-state index contributed by atoms with van der Waals surface area (Å²) in [5.41, 5.74) is 2.81.